The summed E-state index contributed by atoms with van der Waals surface area (Å²) in [6.07, 6.45) is 4.05. The average molecular weight is 300 g/mol. The van der Waals surface area contributed by atoms with Gasteiger partial charge in [-0.25, -0.2) is 0 Å². The molecule has 0 aliphatic rings. The van der Waals surface area contributed by atoms with Crippen LogP contribution in [-0.2, 0) is 0 Å². The Labute approximate surface area is 132 Å². The Morgan fingerprint density at radius 2 is 1.91 bits per heavy atom. The summed E-state index contributed by atoms with van der Waals surface area (Å²) in [5.74, 6) is 0.764. The fraction of sp³-hybridized carbons (Fsp3) is 0.389. The Kier molecular flexibility index (Phi) is 5.92. The van der Waals surface area contributed by atoms with Crippen LogP contribution in [0, 0.1) is 0 Å². The monoisotopic (exact) mass is 300 g/mol. The van der Waals surface area contributed by atoms with Crippen molar-refractivity contribution in [2.45, 2.75) is 25.5 Å². The second-order valence-corrected chi connectivity index (χ2v) is 5.44. The number of methoxy groups -OCH3 is 1. The van der Waals surface area contributed by atoms with Crippen molar-refractivity contribution >= 4 is 0 Å². The third-order valence-electron chi connectivity index (χ3n) is 3.95. The maximum Gasteiger partial charge on any atom is 0.119 e. The van der Waals surface area contributed by atoms with Gasteiger partial charge < -0.3 is 9.84 Å². The van der Waals surface area contributed by atoms with E-state index in [0.29, 0.717) is 6.54 Å². The number of ether oxygens (including phenoxy) is 1. The van der Waals surface area contributed by atoms with Crippen LogP contribution >= 0.6 is 0 Å². The van der Waals surface area contributed by atoms with Crippen LogP contribution < -0.4 is 4.74 Å². The summed E-state index contributed by atoms with van der Waals surface area (Å²) >= 11 is 0. The molecule has 0 bridgehead atoms. The molecule has 2 aromatic rings. The van der Waals surface area contributed by atoms with Gasteiger partial charge in [0.1, 0.15) is 5.75 Å². The molecule has 22 heavy (non-hydrogen) atoms. The van der Waals surface area contributed by atoms with Crippen LogP contribution in [0.4, 0.5) is 0 Å². The van der Waals surface area contributed by atoms with E-state index in [1.165, 1.54) is 5.56 Å². The lowest BCUT2D eigenvalue weighted by atomic mass is 10.0. The van der Waals surface area contributed by atoms with Gasteiger partial charge in [-0.05, 0) is 48.9 Å². The van der Waals surface area contributed by atoms with Gasteiger partial charge in [0.15, 0.2) is 0 Å². The molecule has 0 fully saturated rings. The van der Waals surface area contributed by atoms with Gasteiger partial charge in [-0.3, -0.25) is 9.88 Å². The van der Waals surface area contributed by atoms with Crippen LogP contribution in [-0.4, -0.2) is 35.7 Å². The highest BCUT2D eigenvalue weighted by Crippen LogP contribution is 2.26. The molecule has 1 N–H and O–H groups in total. The largest absolute Gasteiger partial charge is 0.497 e. The molecule has 1 aromatic carbocycles. The number of hydrogen-bond acceptors (Lipinski definition) is 4. The minimum atomic E-state index is -0.545. The van der Waals surface area contributed by atoms with Gasteiger partial charge in [-0.1, -0.05) is 19.1 Å². The number of aliphatic hydroxyl groups excluding tert-OH is 1. The lowest BCUT2D eigenvalue weighted by Crippen LogP contribution is -2.29. The third-order valence-corrected chi connectivity index (χ3v) is 3.95. The van der Waals surface area contributed by atoms with Crippen molar-refractivity contribution in [1.82, 2.24) is 9.88 Å². The van der Waals surface area contributed by atoms with Gasteiger partial charge in [0, 0.05) is 25.0 Å². The molecule has 0 spiro atoms. The smallest absolute Gasteiger partial charge is 0.119 e. The van der Waals surface area contributed by atoms with E-state index in [-0.39, 0.29) is 6.04 Å². The zero-order valence-electron chi connectivity index (χ0n) is 13.4. The second kappa shape index (κ2) is 7.92. The Morgan fingerprint density at radius 1 is 1.18 bits per heavy atom. The number of hydrogen-bond donors (Lipinski definition) is 1. The number of pyridine rings is 1. The van der Waals surface area contributed by atoms with E-state index in [9.17, 15) is 5.11 Å². The van der Waals surface area contributed by atoms with Crippen LogP contribution in [0.1, 0.15) is 36.6 Å². The molecular weight excluding hydrogens is 276 g/mol. The van der Waals surface area contributed by atoms with Crippen LogP contribution in [0.2, 0.25) is 0 Å². The highest BCUT2D eigenvalue weighted by Gasteiger charge is 2.19. The van der Waals surface area contributed by atoms with Crippen LogP contribution in [0.5, 0.6) is 5.75 Å². The molecule has 0 amide bonds. The SMILES string of the molecule is CCC(c1ccncc1)N(C)CC(O)c1cccc(OC)c1. The van der Waals surface area contributed by atoms with Crippen molar-refractivity contribution < 1.29 is 9.84 Å². The molecule has 4 nitrogen and oxygen atoms in total. The Balaban J connectivity index is 2.07. The molecule has 2 rings (SSSR count). The van der Waals surface area contributed by atoms with E-state index >= 15 is 0 Å². The summed E-state index contributed by atoms with van der Waals surface area (Å²) in [4.78, 5) is 6.25. The summed E-state index contributed by atoms with van der Waals surface area (Å²) < 4.78 is 5.22. The van der Waals surface area contributed by atoms with Gasteiger partial charge in [0.25, 0.3) is 0 Å². The predicted octanol–water partition coefficient (Wildman–Crippen LogP) is 3.21. The van der Waals surface area contributed by atoms with Crippen LogP contribution in [0.15, 0.2) is 48.8 Å². The third kappa shape index (κ3) is 4.06. The van der Waals surface area contributed by atoms with Crippen molar-refractivity contribution in [1.29, 1.82) is 0 Å². The summed E-state index contributed by atoms with van der Waals surface area (Å²) in [5, 5.41) is 10.5. The number of aliphatic hydroxyl groups is 1. The Bertz CT molecular complexity index is 574. The maximum atomic E-state index is 10.5. The van der Waals surface area contributed by atoms with Crippen LogP contribution in [0.25, 0.3) is 0 Å². The first-order valence-electron chi connectivity index (χ1n) is 7.57. The summed E-state index contributed by atoms with van der Waals surface area (Å²) in [7, 11) is 3.67. The maximum absolute atomic E-state index is 10.5. The molecule has 2 unspecified atom stereocenters. The molecule has 1 heterocycles. The highest BCUT2D eigenvalue weighted by molar-refractivity contribution is 5.30. The summed E-state index contributed by atoms with van der Waals surface area (Å²) in [6.45, 7) is 2.72. The molecule has 2 atom stereocenters. The number of aromatic nitrogens is 1. The fourth-order valence-corrected chi connectivity index (χ4v) is 2.74. The van der Waals surface area contributed by atoms with Gasteiger partial charge in [0.05, 0.1) is 13.2 Å². The van der Waals surface area contributed by atoms with E-state index in [2.05, 4.69) is 16.8 Å². The van der Waals surface area contributed by atoms with E-state index in [1.807, 2.05) is 55.8 Å². The highest BCUT2D eigenvalue weighted by atomic mass is 16.5. The van der Waals surface area contributed by atoms with Crippen molar-refractivity contribution in [3.63, 3.8) is 0 Å². The van der Waals surface area contributed by atoms with Crippen molar-refractivity contribution in [3.05, 3.63) is 59.9 Å². The van der Waals surface area contributed by atoms with E-state index in [0.717, 1.165) is 17.7 Å². The topological polar surface area (TPSA) is 45.6 Å². The number of likely N-dealkylation sites (N-methyl/N-ethyl adjacent to an activating group) is 1. The minimum absolute atomic E-state index is 0.267. The molecule has 0 radical (unpaired) electrons. The number of benzene rings is 1. The zero-order valence-corrected chi connectivity index (χ0v) is 13.4. The molecule has 0 aliphatic carbocycles. The number of rotatable bonds is 7. The van der Waals surface area contributed by atoms with E-state index < -0.39 is 6.10 Å². The van der Waals surface area contributed by atoms with E-state index in [4.69, 9.17) is 4.74 Å². The Hall–Kier alpha value is -1.91. The fourth-order valence-electron chi connectivity index (χ4n) is 2.74. The molecular formula is C18H24N2O2. The zero-order chi connectivity index (χ0) is 15.9. The first kappa shape index (κ1) is 16.5. The molecule has 0 saturated heterocycles. The van der Waals surface area contributed by atoms with Gasteiger partial charge in [0.2, 0.25) is 0 Å². The first-order chi connectivity index (χ1) is 10.7. The van der Waals surface area contributed by atoms with Crippen molar-refractivity contribution in [2.24, 2.45) is 0 Å². The van der Waals surface area contributed by atoms with Crippen LogP contribution in [0.3, 0.4) is 0 Å². The summed E-state index contributed by atoms with van der Waals surface area (Å²) in [6, 6.07) is 11.9. The molecule has 0 saturated carbocycles. The van der Waals surface area contributed by atoms with Crippen molar-refractivity contribution in [2.75, 3.05) is 20.7 Å². The predicted molar refractivity (Wildman–Crippen MR) is 87.9 cm³/mol. The molecule has 1 aromatic heterocycles. The second-order valence-electron chi connectivity index (χ2n) is 5.44. The van der Waals surface area contributed by atoms with Gasteiger partial charge in [-0.2, -0.15) is 0 Å². The number of nitrogens with zero attached hydrogens (tertiary/aromatic N) is 2. The van der Waals surface area contributed by atoms with E-state index in [1.54, 1.807) is 7.11 Å². The van der Waals surface area contributed by atoms with Crippen molar-refractivity contribution in [3.8, 4) is 5.75 Å². The standard InChI is InChI=1S/C18H24N2O2/c1-4-17(14-8-10-19-11-9-14)20(2)13-18(21)15-6-5-7-16(12-15)22-3/h5-12,17-18,21H,4,13H2,1-3H3. The molecule has 0 aliphatic heterocycles. The Morgan fingerprint density at radius 3 is 2.55 bits per heavy atom. The average Bonchev–Trinajstić information content (AvgIpc) is 2.56. The van der Waals surface area contributed by atoms with Gasteiger partial charge >= 0.3 is 0 Å². The molecule has 118 valence electrons. The summed E-state index contributed by atoms with van der Waals surface area (Å²) in [5.41, 5.74) is 2.09. The minimum Gasteiger partial charge on any atom is -0.497 e. The lowest BCUT2D eigenvalue weighted by molar-refractivity contribution is 0.102. The van der Waals surface area contributed by atoms with Gasteiger partial charge in [-0.15, -0.1) is 0 Å². The molecule has 4 heteroatoms. The lowest BCUT2D eigenvalue weighted by Gasteiger charge is -2.29. The normalized spacial score (nSPS) is 13.9. The quantitative estimate of drug-likeness (QED) is 0.853. The first-order valence-corrected chi connectivity index (χ1v) is 7.57.